The van der Waals surface area contributed by atoms with Crippen LogP contribution in [0.15, 0.2) is 30.3 Å². The zero-order valence-electron chi connectivity index (χ0n) is 15.7. The van der Waals surface area contributed by atoms with Crippen LogP contribution in [0.25, 0.3) is 10.2 Å². The van der Waals surface area contributed by atoms with Gasteiger partial charge in [0.25, 0.3) is 5.91 Å². The number of amides is 1. The first kappa shape index (κ1) is 20.1. The molecule has 1 amide bonds. The molecule has 1 aliphatic rings. The Morgan fingerprint density at radius 3 is 2.73 bits per heavy atom. The van der Waals surface area contributed by atoms with Gasteiger partial charge in [-0.05, 0) is 31.2 Å². The summed E-state index contributed by atoms with van der Waals surface area (Å²) in [5, 5.41) is 0.245. The van der Waals surface area contributed by atoms with Crippen LogP contribution in [0.3, 0.4) is 0 Å². The molecule has 30 heavy (non-hydrogen) atoms. The largest absolute Gasteiger partial charge is 0.478 e. The van der Waals surface area contributed by atoms with E-state index in [1.807, 2.05) is 0 Å². The maximum absolute atomic E-state index is 14.0. The van der Waals surface area contributed by atoms with E-state index in [-0.39, 0.29) is 46.2 Å². The molecule has 4 rings (SSSR count). The van der Waals surface area contributed by atoms with Crippen LogP contribution in [0.4, 0.5) is 18.9 Å². The highest BCUT2D eigenvalue weighted by atomic mass is 32.1. The van der Waals surface area contributed by atoms with Gasteiger partial charge in [0.05, 0.1) is 30.0 Å². The Bertz CT molecular complexity index is 1110. The lowest BCUT2D eigenvalue weighted by Gasteiger charge is -2.33. The number of carbonyl (C=O) groups is 2. The van der Waals surface area contributed by atoms with E-state index in [9.17, 15) is 22.8 Å². The van der Waals surface area contributed by atoms with Gasteiger partial charge < -0.3 is 9.47 Å². The number of fused-ring (bicyclic) bond motifs is 2. The summed E-state index contributed by atoms with van der Waals surface area (Å²) in [5.74, 6) is -2.94. The zero-order valence-corrected chi connectivity index (χ0v) is 16.5. The van der Waals surface area contributed by atoms with Gasteiger partial charge in [-0.2, -0.15) is 0 Å². The first-order chi connectivity index (χ1) is 14.4. The zero-order chi connectivity index (χ0) is 21.4. The van der Waals surface area contributed by atoms with Gasteiger partial charge in [0.2, 0.25) is 0 Å². The Morgan fingerprint density at radius 2 is 2.00 bits per heavy atom. The van der Waals surface area contributed by atoms with Crippen molar-refractivity contribution in [2.24, 2.45) is 0 Å². The Hall–Kier alpha value is -3.14. The Balaban J connectivity index is 1.70. The van der Waals surface area contributed by atoms with Crippen LogP contribution in [-0.2, 0) is 20.9 Å². The van der Waals surface area contributed by atoms with Gasteiger partial charge >= 0.3 is 5.97 Å². The van der Waals surface area contributed by atoms with Crippen LogP contribution >= 0.6 is 11.3 Å². The molecule has 156 valence electrons. The number of aromatic nitrogens is 1. The topological polar surface area (TPSA) is 68.7 Å². The standard InChI is InChI=1S/C20H15F3N2O4S/c1-2-28-17(26)8-15-20(27)25(13-7-10(21)3-6-14(13)29-15)9-16-24-18-11(22)4-5-12(23)19(18)30-16/h3-7,15H,2,8-9H2,1H3. The van der Waals surface area contributed by atoms with E-state index in [0.29, 0.717) is 0 Å². The first-order valence-corrected chi connectivity index (χ1v) is 9.85. The maximum Gasteiger partial charge on any atom is 0.310 e. The number of hydrogen-bond acceptors (Lipinski definition) is 6. The van der Waals surface area contributed by atoms with Gasteiger partial charge in [0.1, 0.15) is 27.9 Å². The molecule has 0 fully saturated rings. The number of hydrogen-bond donors (Lipinski definition) is 0. The normalized spacial score (nSPS) is 15.8. The molecule has 2 heterocycles. The minimum absolute atomic E-state index is 0.0215. The molecule has 1 unspecified atom stereocenters. The second kappa shape index (κ2) is 7.94. The van der Waals surface area contributed by atoms with Crippen LogP contribution in [0, 0.1) is 17.5 Å². The molecule has 1 aliphatic heterocycles. The summed E-state index contributed by atoms with van der Waals surface area (Å²) in [5.41, 5.74) is -0.00134. The van der Waals surface area contributed by atoms with Crippen molar-refractivity contribution in [3.05, 3.63) is 52.8 Å². The second-order valence-corrected chi connectivity index (χ2v) is 7.55. The number of anilines is 1. The molecule has 10 heteroatoms. The van der Waals surface area contributed by atoms with E-state index in [2.05, 4.69) is 4.98 Å². The van der Waals surface area contributed by atoms with Gasteiger partial charge in [-0.25, -0.2) is 18.2 Å². The Labute approximate surface area is 172 Å². The quantitative estimate of drug-likeness (QED) is 0.567. The van der Waals surface area contributed by atoms with Gasteiger partial charge in [0, 0.05) is 6.07 Å². The molecule has 2 aromatic carbocycles. The number of rotatable bonds is 5. The molecule has 0 spiro atoms. The van der Waals surface area contributed by atoms with Crippen molar-refractivity contribution in [3.8, 4) is 5.75 Å². The smallest absolute Gasteiger partial charge is 0.310 e. The summed E-state index contributed by atoms with van der Waals surface area (Å²) >= 11 is 0.890. The van der Waals surface area contributed by atoms with Crippen molar-refractivity contribution < 1.29 is 32.2 Å². The third-order valence-corrected chi connectivity index (χ3v) is 5.51. The molecule has 1 aromatic heterocycles. The summed E-state index contributed by atoms with van der Waals surface area (Å²) in [6.07, 6.45) is -1.51. The van der Waals surface area contributed by atoms with Gasteiger partial charge in [0.15, 0.2) is 11.9 Å². The fraction of sp³-hybridized carbons (Fsp3) is 0.250. The number of esters is 1. The van der Waals surface area contributed by atoms with E-state index in [0.717, 1.165) is 35.6 Å². The number of halogens is 3. The fourth-order valence-electron chi connectivity index (χ4n) is 3.15. The van der Waals surface area contributed by atoms with E-state index in [1.165, 1.54) is 11.0 Å². The van der Waals surface area contributed by atoms with Crippen LogP contribution in [0.1, 0.15) is 18.4 Å². The summed E-state index contributed by atoms with van der Waals surface area (Å²) in [4.78, 5) is 30.1. The highest BCUT2D eigenvalue weighted by Crippen LogP contribution is 2.37. The molecule has 0 bridgehead atoms. The van der Waals surface area contributed by atoms with E-state index >= 15 is 0 Å². The summed E-state index contributed by atoms with van der Waals surface area (Å²) in [7, 11) is 0. The molecule has 0 saturated carbocycles. The average molecular weight is 436 g/mol. The highest BCUT2D eigenvalue weighted by molar-refractivity contribution is 7.18. The number of thiazole rings is 1. The second-order valence-electron chi connectivity index (χ2n) is 6.47. The summed E-state index contributed by atoms with van der Waals surface area (Å²) < 4.78 is 52.3. The minimum Gasteiger partial charge on any atom is -0.478 e. The molecule has 0 aliphatic carbocycles. The van der Waals surface area contributed by atoms with Crippen molar-refractivity contribution in [1.29, 1.82) is 0 Å². The lowest BCUT2D eigenvalue weighted by Crippen LogP contribution is -2.46. The Morgan fingerprint density at radius 1 is 1.23 bits per heavy atom. The lowest BCUT2D eigenvalue weighted by molar-refractivity contribution is -0.147. The molecular weight excluding hydrogens is 421 g/mol. The monoisotopic (exact) mass is 436 g/mol. The van der Waals surface area contributed by atoms with Gasteiger partial charge in [-0.15, -0.1) is 11.3 Å². The van der Waals surface area contributed by atoms with Crippen molar-refractivity contribution in [2.75, 3.05) is 11.5 Å². The van der Waals surface area contributed by atoms with Crippen LogP contribution < -0.4 is 9.64 Å². The number of carbonyl (C=O) groups excluding carboxylic acids is 2. The Kier molecular flexibility index (Phi) is 5.33. The van der Waals surface area contributed by atoms with E-state index in [4.69, 9.17) is 9.47 Å². The lowest BCUT2D eigenvalue weighted by atomic mass is 10.1. The minimum atomic E-state index is -1.18. The van der Waals surface area contributed by atoms with Crippen molar-refractivity contribution in [1.82, 2.24) is 4.98 Å². The molecule has 3 aromatic rings. The molecule has 0 N–H and O–H groups in total. The molecule has 0 saturated heterocycles. The van der Waals surface area contributed by atoms with Crippen molar-refractivity contribution >= 4 is 39.1 Å². The summed E-state index contributed by atoms with van der Waals surface area (Å²) in [6.45, 7) is 1.61. The van der Waals surface area contributed by atoms with Crippen LogP contribution in [-0.4, -0.2) is 29.6 Å². The third kappa shape index (κ3) is 3.70. The third-order valence-electron chi connectivity index (χ3n) is 4.46. The number of ether oxygens (including phenoxy) is 2. The predicted molar refractivity (Wildman–Crippen MR) is 103 cm³/mol. The fourth-order valence-corrected chi connectivity index (χ4v) is 4.12. The molecular formula is C20H15F3N2O4S. The van der Waals surface area contributed by atoms with Gasteiger partial charge in [-0.3, -0.25) is 14.5 Å². The molecule has 6 nitrogen and oxygen atoms in total. The van der Waals surface area contributed by atoms with Crippen LogP contribution in [0.5, 0.6) is 5.75 Å². The number of nitrogens with zero attached hydrogens (tertiary/aromatic N) is 2. The predicted octanol–water partition coefficient (Wildman–Crippen LogP) is 3.96. The molecule has 1 atom stereocenters. The van der Waals surface area contributed by atoms with Crippen molar-refractivity contribution in [3.63, 3.8) is 0 Å². The van der Waals surface area contributed by atoms with Crippen LogP contribution in [0.2, 0.25) is 0 Å². The maximum atomic E-state index is 14.0. The van der Waals surface area contributed by atoms with Crippen molar-refractivity contribution in [2.45, 2.75) is 26.0 Å². The first-order valence-electron chi connectivity index (χ1n) is 9.04. The highest BCUT2D eigenvalue weighted by Gasteiger charge is 2.37. The molecule has 0 radical (unpaired) electrons. The summed E-state index contributed by atoms with van der Waals surface area (Å²) in [6, 6.07) is 5.60. The van der Waals surface area contributed by atoms with E-state index < -0.39 is 35.4 Å². The average Bonchev–Trinajstić information content (AvgIpc) is 3.14. The van der Waals surface area contributed by atoms with E-state index in [1.54, 1.807) is 6.92 Å². The van der Waals surface area contributed by atoms with Gasteiger partial charge in [-0.1, -0.05) is 0 Å². The number of benzene rings is 2. The SMILES string of the molecule is CCOC(=O)CC1Oc2ccc(F)cc2N(Cc2nc3c(F)ccc(F)c3s2)C1=O.